The van der Waals surface area contributed by atoms with Gasteiger partial charge in [-0.1, -0.05) is 11.6 Å². The average molecular weight is 456 g/mol. The molecule has 30 heavy (non-hydrogen) atoms. The summed E-state index contributed by atoms with van der Waals surface area (Å²) < 4.78 is 38.6. The minimum absolute atomic E-state index is 0.0146. The second kappa shape index (κ2) is 8.40. The Kier molecular flexibility index (Phi) is 4.99. The van der Waals surface area contributed by atoms with Crippen LogP contribution in [0.3, 0.4) is 0 Å². The predicted octanol–water partition coefficient (Wildman–Crippen LogP) is 1.65. The third kappa shape index (κ3) is 4.60. The number of nitrogens with zero attached hydrogens (tertiary/aromatic N) is 4. The summed E-state index contributed by atoms with van der Waals surface area (Å²) in [5.41, 5.74) is 5.32. The first-order valence-corrected chi connectivity index (χ1v) is 11.0. The lowest BCUT2D eigenvalue weighted by Gasteiger charge is -2.16. The minimum Gasteiger partial charge on any atom is -0.382 e. The summed E-state index contributed by atoms with van der Waals surface area (Å²) in [4.78, 5) is 28.8. The number of pyridine rings is 1. The monoisotopic (exact) mass is 455 g/mol. The van der Waals surface area contributed by atoms with Crippen LogP contribution in [-0.2, 0) is 14.5 Å². The standard InChI is InChI=1S/C17H21ClN8O3S/c1-20-17(28)13-10(7-12(25-26-13)23-16(27)8-4-5-8)22-15-11(30(3,29)21-2)6-9(18)14(19)24-15/h6-8H,4-5H2,1-3H3,(H,20,28)(H4,19,22,23,24,25,27)/i1D3. The zero-order chi connectivity index (χ0) is 24.6. The summed E-state index contributed by atoms with van der Waals surface area (Å²) >= 11 is 6.05. The van der Waals surface area contributed by atoms with E-state index >= 15 is 0 Å². The highest BCUT2D eigenvalue weighted by molar-refractivity contribution is 7.93. The van der Waals surface area contributed by atoms with Crippen molar-refractivity contribution in [2.24, 2.45) is 10.3 Å². The summed E-state index contributed by atoms with van der Waals surface area (Å²) in [6, 6.07) is 2.60. The topological polar surface area (TPSA) is 164 Å². The van der Waals surface area contributed by atoms with Crippen LogP contribution >= 0.6 is 11.6 Å². The van der Waals surface area contributed by atoms with Crippen LogP contribution in [0.25, 0.3) is 0 Å². The number of halogens is 1. The lowest BCUT2D eigenvalue weighted by atomic mass is 10.2. The molecule has 0 radical (unpaired) electrons. The zero-order valence-electron chi connectivity index (χ0n) is 19.0. The van der Waals surface area contributed by atoms with E-state index in [0.29, 0.717) is 0 Å². The van der Waals surface area contributed by atoms with Crippen molar-refractivity contribution >= 4 is 56.3 Å². The predicted molar refractivity (Wildman–Crippen MR) is 114 cm³/mol. The van der Waals surface area contributed by atoms with Gasteiger partial charge in [-0.3, -0.25) is 9.59 Å². The molecule has 5 N–H and O–H groups in total. The van der Waals surface area contributed by atoms with Crippen LogP contribution in [0.4, 0.5) is 23.1 Å². The van der Waals surface area contributed by atoms with Crippen molar-refractivity contribution < 1.29 is 17.9 Å². The number of carbonyl (C=O) groups is 2. The molecule has 3 rings (SSSR count). The summed E-state index contributed by atoms with van der Waals surface area (Å²) in [6.45, 7) is -2.79. The van der Waals surface area contributed by atoms with Gasteiger partial charge in [-0.05, 0) is 18.9 Å². The van der Waals surface area contributed by atoms with Gasteiger partial charge in [0.15, 0.2) is 11.5 Å². The fraction of sp³-hybridized carbons (Fsp3) is 0.353. The molecular formula is C17H21ClN8O3S. The average Bonchev–Trinajstić information content (AvgIpc) is 3.54. The van der Waals surface area contributed by atoms with Crippen molar-refractivity contribution in [3.63, 3.8) is 0 Å². The summed E-state index contributed by atoms with van der Waals surface area (Å²) in [5, 5.41) is 14.8. The van der Waals surface area contributed by atoms with Gasteiger partial charge in [-0.25, -0.2) is 13.6 Å². The van der Waals surface area contributed by atoms with Crippen molar-refractivity contribution in [2.75, 3.05) is 36.6 Å². The molecule has 2 aromatic rings. The van der Waals surface area contributed by atoms with E-state index in [-0.39, 0.29) is 44.9 Å². The first kappa shape index (κ1) is 17.8. The maximum atomic E-state index is 12.9. The molecule has 1 unspecified atom stereocenters. The van der Waals surface area contributed by atoms with E-state index in [1.165, 1.54) is 25.4 Å². The first-order chi connectivity index (χ1) is 15.3. The summed E-state index contributed by atoms with van der Waals surface area (Å²) in [7, 11) is -1.62. The van der Waals surface area contributed by atoms with Crippen molar-refractivity contribution in [1.29, 1.82) is 0 Å². The molecule has 2 aromatic heterocycles. The van der Waals surface area contributed by atoms with E-state index in [2.05, 4.69) is 30.2 Å². The van der Waals surface area contributed by atoms with Gasteiger partial charge in [0.05, 0.1) is 25.3 Å². The van der Waals surface area contributed by atoms with Crippen molar-refractivity contribution in [3.05, 3.63) is 22.8 Å². The molecule has 0 aromatic carbocycles. The number of anilines is 4. The number of aromatic nitrogens is 3. The van der Waals surface area contributed by atoms with E-state index in [4.69, 9.17) is 21.4 Å². The molecule has 0 saturated heterocycles. The van der Waals surface area contributed by atoms with Crippen molar-refractivity contribution in [2.45, 2.75) is 17.7 Å². The molecule has 1 aliphatic carbocycles. The second-order valence-electron chi connectivity index (χ2n) is 6.52. The maximum absolute atomic E-state index is 12.9. The highest BCUT2D eigenvalue weighted by atomic mass is 35.5. The lowest BCUT2D eigenvalue weighted by Crippen LogP contribution is -2.23. The molecule has 160 valence electrons. The molecular weight excluding hydrogens is 432 g/mol. The van der Waals surface area contributed by atoms with Crippen LogP contribution in [0, 0.1) is 5.92 Å². The Labute approximate surface area is 182 Å². The van der Waals surface area contributed by atoms with Gasteiger partial charge in [0, 0.05) is 36.4 Å². The van der Waals surface area contributed by atoms with Crippen molar-refractivity contribution in [3.8, 4) is 0 Å². The Morgan fingerprint density at radius 1 is 1.37 bits per heavy atom. The normalized spacial score (nSPS) is 17.0. The third-order valence-electron chi connectivity index (χ3n) is 4.30. The highest BCUT2D eigenvalue weighted by Gasteiger charge is 2.30. The summed E-state index contributed by atoms with van der Waals surface area (Å²) in [5.74, 6) is -1.57. The molecule has 2 amide bonds. The quantitative estimate of drug-likeness (QED) is 0.510. The fourth-order valence-electron chi connectivity index (χ4n) is 2.44. The maximum Gasteiger partial charge on any atom is 0.273 e. The number of nitrogens with two attached hydrogens (primary N) is 1. The largest absolute Gasteiger partial charge is 0.382 e. The summed E-state index contributed by atoms with van der Waals surface area (Å²) in [6.07, 6.45) is 2.87. The lowest BCUT2D eigenvalue weighted by molar-refractivity contribution is -0.117. The van der Waals surface area contributed by atoms with E-state index in [9.17, 15) is 13.8 Å². The number of amides is 2. The fourth-order valence-corrected chi connectivity index (χ4v) is 3.64. The number of nitrogen functional groups attached to an aromatic ring is 1. The van der Waals surface area contributed by atoms with Gasteiger partial charge in [0.25, 0.3) is 5.91 Å². The SMILES string of the molecule is [2H]C([2H])([2H])NC(=O)c1nnc(NC(=O)C2CC2)cc1Nc1nc(N)c(Cl)cc1S(C)(=O)=NC. The molecule has 0 bridgehead atoms. The van der Waals surface area contributed by atoms with Gasteiger partial charge in [-0.2, -0.15) is 0 Å². The number of hydrogen-bond donors (Lipinski definition) is 4. The molecule has 1 fully saturated rings. The second-order valence-corrected chi connectivity index (χ2v) is 9.34. The Morgan fingerprint density at radius 2 is 2.10 bits per heavy atom. The Morgan fingerprint density at radius 3 is 2.73 bits per heavy atom. The smallest absolute Gasteiger partial charge is 0.273 e. The van der Waals surface area contributed by atoms with Crippen LogP contribution in [0.5, 0.6) is 0 Å². The molecule has 2 heterocycles. The van der Waals surface area contributed by atoms with Crippen LogP contribution in [0.15, 0.2) is 21.4 Å². The van der Waals surface area contributed by atoms with Crippen LogP contribution in [0.2, 0.25) is 5.02 Å². The Bertz CT molecular complexity index is 1240. The molecule has 1 saturated carbocycles. The van der Waals surface area contributed by atoms with E-state index < -0.39 is 28.3 Å². The van der Waals surface area contributed by atoms with Gasteiger partial charge in [0.2, 0.25) is 5.91 Å². The van der Waals surface area contributed by atoms with E-state index in [1.54, 1.807) is 0 Å². The number of nitrogens with one attached hydrogen (secondary N) is 3. The molecule has 1 atom stereocenters. The zero-order valence-corrected chi connectivity index (χ0v) is 17.6. The Balaban J connectivity index is 2.09. The first-order valence-electron chi connectivity index (χ1n) is 10.1. The van der Waals surface area contributed by atoms with Gasteiger partial charge in [-0.15, -0.1) is 10.2 Å². The van der Waals surface area contributed by atoms with E-state index in [0.717, 1.165) is 12.8 Å². The molecule has 0 aliphatic heterocycles. The third-order valence-corrected chi connectivity index (χ3v) is 6.43. The van der Waals surface area contributed by atoms with Gasteiger partial charge < -0.3 is 21.7 Å². The van der Waals surface area contributed by atoms with Crippen molar-refractivity contribution in [1.82, 2.24) is 20.5 Å². The molecule has 1 aliphatic rings. The highest BCUT2D eigenvalue weighted by Crippen LogP contribution is 2.32. The molecule has 11 nitrogen and oxygen atoms in total. The number of hydrogen-bond acceptors (Lipinski definition) is 9. The number of rotatable bonds is 6. The number of carbonyl (C=O) groups excluding carboxylic acids is 2. The van der Waals surface area contributed by atoms with Crippen LogP contribution in [-0.4, -0.2) is 51.5 Å². The van der Waals surface area contributed by atoms with Crippen LogP contribution < -0.4 is 21.7 Å². The van der Waals surface area contributed by atoms with Crippen LogP contribution in [0.1, 0.15) is 27.4 Å². The minimum atomic E-state index is -2.97. The molecule has 0 spiro atoms. The van der Waals surface area contributed by atoms with E-state index in [1.807, 2.05) is 5.32 Å². The van der Waals surface area contributed by atoms with Gasteiger partial charge in [0.1, 0.15) is 11.6 Å². The van der Waals surface area contributed by atoms with Gasteiger partial charge >= 0.3 is 0 Å². The Hall–Kier alpha value is -2.99. The molecule has 13 heteroatoms.